The monoisotopic (exact) mass is 382 g/mol. The highest BCUT2D eigenvalue weighted by molar-refractivity contribution is 6.30. The van der Waals surface area contributed by atoms with E-state index in [-0.39, 0.29) is 12.5 Å². The molecule has 0 aliphatic carbocycles. The Kier molecular flexibility index (Phi) is 9.40. The molecular weight excluding hydrogens is 352 g/mol. The number of halogens is 1. The van der Waals surface area contributed by atoms with Gasteiger partial charge in [0.05, 0.1) is 13.2 Å². The minimum atomic E-state index is 0.0971. The Balaban J connectivity index is 1.61. The van der Waals surface area contributed by atoms with Crippen LogP contribution >= 0.6 is 11.6 Å². The van der Waals surface area contributed by atoms with E-state index in [0.29, 0.717) is 29.7 Å². The van der Waals surface area contributed by atoms with Gasteiger partial charge in [-0.2, -0.15) is 0 Å². The third-order valence-electron chi connectivity index (χ3n) is 5.08. The largest absolute Gasteiger partial charge is 0.395 e. The predicted octanol–water partition coefficient (Wildman–Crippen LogP) is 2.91. The zero-order valence-electron chi connectivity index (χ0n) is 15.7. The van der Waals surface area contributed by atoms with Crippen molar-refractivity contribution in [2.45, 2.75) is 26.2 Å². The number of aliphatic hydroxyl groups excluding tert-OH is 1. The first-order chi connectivity index (χ1) is 12.6. The number of rotatable bonds is 10. The van der Waals surface area contributed by atoms with Crippen molar-refractivity contribution in [2.75, 3.05) is 52.5 Å². The lowest BCUT2D eigenvalue weighted by atomic mass is 9.93. The molecule has 1 saturated heterocycles. The number of benzene rings is 1. The summed E-state index contributed by atoms with van der Waals surface area (Å²) in [5.41, 5.74) is 0.708. The van der Waals surface area contributed by atoms with Crippen LogP contribution in [-0.2, 0) is 4.74 Å². The van der Waals surface area contributed by atoms with Crippen molar-refractivity contribution in [1.29, 1.82) is 0 Å². The van der Waals surface area contributed by atoms with E-state index in [1.54, 1.807) is 24.3 Å². The molecule has 0 aromatic heterocycles. The van der Waals surface area contributed by atoms with Crippen LogP contribution in [0, 0.1) is 5.92 Å². The molecule has 0 unspecified atom stereocenters. The lowest BCUT2D eigenvalue weighted by molar-refractivity contribution is 0.0625. The van der Waals surface area contributed by atoms with E-state index in [4.69, 9.17) is 21.4 Å². The number of hydrogen-bond donors (Lipinski definition) is 1. The van der Waals surface area contributed by atoms with E-state index < -0.39 is 0 Å². The molecule has 1 fully saturated rings. The summed E-state index contributed by atoms with van der Waals surface area (Å²) < 4.78 is 5.75. The van der Waals surface area contributed by atoms with Crippen LogP contribution < -0.4 is 0 Å². The number of amides is 1. The molecule has 146 valence electrons. The SMILES string of the molecule is CCN(CCO)CCOCCC1CCN(C(=O)c2ccc(Cl)cc2)CC1. The summed E-state index contributed by atoms with van der Waals surface area (Å²) in [7, 11) is 0. The van der Waals surface area contributed by atoms with Gasteiger partial charge in [0.1, 0.15) is 0 Å². The molecule has 1 aliphatic rings. The summed E-state index contributed by atoms with van der Waals surface area (Å²) in [6.45, 7) is 7.90. The molecule has 1 N–H and O–H groups in total. The van der Waals surface area contributed by atoms with Crippen LogP contribution in [0.25, 0.3) is 0 Å². The molecule has 1 aliphatic heterocycles. The first-order valence-corrected chi connectivity index (χ1v) is 9.97. The van der Waals surface area contributed by atoms with Crippen LogP contribution in [0.5, 0.6) is 0 Å². The van der Waals surface area contributed by atoms with E-state index in [1.807, 2.05) is 4.90 Å². The Morgan fingerprint density at radius 2 is 1.92 bits per heavy atom. The van der Waals surface area contributed by atoms with Crippen molar-refractivity contribution in [3.05, 3.63) is 34.9 Å². The average Bonchev–Trinajstić information content (AvgIpc) is 2.67. The maximum atomic E-state index is 12.5. The molecule has 0 radical (unpaired) electrons. The van der Waals surface area contributed by atoms with Crippen LogP contribution in [0.15, 0.2) is 24.3 Å². The van der Waals surface area contributed by atoms with Crippen molar-refractivity contribution in [3.8, 4) is 0 Å². The standard InChI is InChI=1S/C20H31ClN2O3/c1-2-22(12-14-24)13-16-26-15-9-17-7-10-23(11-8-17)20(25)18-3-5-19(21)6-4-18/h3-6,17,24H,2,7-16H2,1H3. The summed E-state index contributed by atoms with van der Waals surface area (Å²) in [6, 6.07) is 7.11. The molecule has 0 spiro atoms. The second-order valence-corrected chi connectivity index (χ2v) is 7.24. The van der Waals surface area contributed by atoms with E-state index in [1.165, 1.54) is 0 Å². The summed E-state index contributed by atoms with van der Waals surface area (Å²) in [6.07, 6.45) is 3.12. The Labute approximate surface area is 161 Å². The maximum absolute atomic E-state index is 12.5. The van der Waals surface area contributed by atoms with E-state index in [0.717, 1.165) is 52.0 Å². The van der Waals surface area contributed by atoms with Crippen molar-refractivity contribution >= 4 is 17.5 Å². The number of nitrogens with zero attached hydrogens (tertiary/aromatic N) is 2. The summed E-state index contributed by atoms with van der Waals surface area (Å²) in [5, 5.41) is 9.62. The smallest absolute Gasteiger partial charge is 0.253 e. The number of likely N-dealkylation sites (tertiary alicyclic amines) is 1. The maximum Gasteiger partial charge on any atom is 0.253 e. The zero-order valence-corrected chi connectivity index (χ0v) is 16.5. The van der Waals surface area contributed by atoms with E-state index in [9.17, 15) is 4.79 Å². The number of hydrogen-bond acceptors (Lipinski definition) is 4. The molecule has 1 heterocycles. The fraction of sp³-hybridized carbons (Fsp3) is 0.650. The predicted molar refractivity (Wildman–Crippen MR) is 105 cm³/mol. The Morgan fingerprint density at radius 1 is 1.23 bits per heavy atom. The normalized spacial score (nSPS) is 15.6. The lowest BCUT2D eigenvalue weighted by Gasteiger charge is -2.32. The minimum absolute atomic E-state index is 0.0971. The van der Waals surface area contributed by atoms with E-state index >= 15 is 0 Å². The number of carbonyl (C=O) groups is 1. The van der Waals surface area contributed by atoms with Crippen LogP contribution in [0.1, 0.15) is 36.5 Å². The molecule has 1 amide bonds. The topological polar surface area (TPSA) is 53.0 Å². The number of likely N-dealkylation sites (N-methyl/N-ethyl adjacent to an activating group) is 1. The Bertz CT molecular complexity index is 530. The molecular formula is C20H31ClN2O3. The molecule has 5 nitrogen and oxygen atoms in total. The number of ether oxygens (including phenoxy) is 1. The summed E-state index contributed by atoms with van der Waals surface area (Å²) >= 11 is 5.88. The highest BCUT2D eigenvalue weighted by Gasteiger charge is 2.23. The third kappa shape index (κ3) is 6.88. The fourth-order valence-corrected chi connectivity index (χ4v) is 3.44. The Hall–Kier alpha value is -1.14. The van der Waals surface area contributed by atoms with Crippen LogP contribution in [-0.4, -0.2) is 73.4 Å². The average molecular weight is 383 g/mol. The first-order valence-electron chi connectivity index (χ1n) is 9.59. The van der Waals surface area contributed by atoms with Gasteiger partial charge in [0.25, 0.3) is 5.91 Å². The van der Waals surface area contributed by atoms with Gasteiger partial charge >= 0.3 is 0 Å². The van der Waals surface area contributed by atoms with Crippen LogP contribution in [0.3, 0.4) is 0 Å². The van der Waals surface area contributed by atoms with Gasteiger partial charge in [0, 0.05) is 43.4 Å². The fourth-order valence-electron chi connectivity index (χ4n) is 3.31. The summed E-state index contributed by atoms with van der Waals surface area (Å²) in [4.78, 5) is 16.6. The molecule has 26 heavy (non-hydrogen) atoms. The number of piperidine rings is 1. The first kappa shape index (κ1) is 21.2. The van der Waals surface area contributed by atoms with Crippen molar-refractivity contribution in [3.63, 3.8) is 0 Å². The lowest BCUT2D eigenvalue weighted by Crippen LogP contribution is -2.38. The number of carbonyl (C=O) groups excluding carboxylic acids is 1. The highest BCUT2D eigenvalue weighted by atomic mass is 35.5. The highest BCUT2D eigenvalue weighted by Crippen LogP contribution is 2.22. The van der Waals surface area contributed by atoms with Gasteiger partial charge in [-0.3, -0.25) is 9.69 Å². The molecule has 1 aromatic carbocycles. The molecule has 2 rings (SSSR count). The van der Waals surface area contributed by atoms with Gasteiger partial charge in [-0.15, -0.1) is 0 Å². The second-order valence-electron chi connectivity index (χ2n) is 6.80. The summed E-state index contributed by atoms with van der Waals surface area (Å²) in [5.74, 6) is 0.726. The molecule has 1 aromatic rings. The van der Waals surface area contributed by atoms with Gasteiger partial charge in [-0.1, -0.05) is 18.5 Å². The van der Waals surface area contributed by atoms with Crippen LogP contribution in [0.4, 0.5) is 0 Å². The van der Waals surface area contributed by atoms with Gasteiger partial charge < -0.3 is 14.7 Å². The minimum Gasteiger partial charge on any atom is -0.395 e. The van der Waals surface area contributed by atoms with Gasteiger partial charge in [-0.05, 0) is 56.0 Å². The molecule has 0 saturated carbocycles. The van der Waals surface area contributed by atoms with Gasteiger partial charge in [0.15, 0.2) is 0 Å². The molecule has 6 heteroatoms. The molecule has 0 atom stereocenters. The third-order valence-corrected chi connectivity index (χ3v) is 5.33. The van der Waals surface area contributed by atoms with Crippen molar-refractivity contribution in [1.82, 2.24) is 9.80 Å². The van der Waals surface area contributed by atoms with E-state index in [2.05, 4.69) is 11.8 Å². The van der Waals surface area contributed by atoms with Crippen molar-refractivity contribution in [2.24, 2.45) is 5.92 Å². The van der Waals surface area contributed by atoms with Crippen LogP contribution in [0.2, 0.25) is 5.02 Å². The van der Waals surface area contributed by atoms with Gasteiger partial charge in [0.2, 0.25) is 0 Å². The quantitative estimate of drug-likeness (QED) is 0.632. The Morgan fingerprint density at radius 3 is 2.54 bits per heavy atom. The second kappa shape index (κ2) is 11.5. The molecule has 0 bridgehead atoms. The zero-order chi connectivity index (χ0) is 18.8. The van der Waals surface area contributed by atoms with Gasteiger partial charge in [-0.25, -0.2) is 0 Å². The van der Waals surface area contributed by atoms with Crippen molar-refractivity contribution < 1.29 is 14.6 Å². The number of aliphatic hydroxyl groups is 1.